The van der Waals surface area contributed by atoms with Crippen LogP contribution >= 0.6 is 0 Å². The molecule has 0 amide bonds. The summed E-state index contributed by atoms with van der Waals surface area (Å²) in [5, 5.41) is 3.43. The van der Waals surface area contributed by atoms with E-state index in [1.54, 1.807) is 6.07 Å². The highest BCUT2D eigenvalue weighted by Crippen LogP contribution is 2.38. The van der Waals surface area contributed by atoms with E-state index in [2.05, 4.69) is 30.1 Å². The van der Waals surface area contributed by atoms with Gasteiger partial charge in [0.05, 0.1) is 0 Å². The number of benzene rings is 1. The third-order valence-electron chi connectivity index (χ3n) is 4.89. The van der Waals surface area contributed by atoms with Gasteiger partial charge >= 0.3 is 0 Å². The largest absolute Gasteiger partial charge is 0.312 e. The number of likely N-dealkylation sites (tertiary alicyclic amines) is 1. The molecule has 2 aliphatic rings. The first-order chi connectivity index (χ1) is 10.1. The summed E-state index contributed by atoms with van der Waals surface area (Å²) in [7, 11) is 0. The Labute approximate surface area is 127 Å². The quantitative estimate of drug-likeness (QED) is 0.862. The van der Waals surface area contributed by atoms with Crippen molar-refractivity contribution in [3.05, 3.63) is 35.1 Å². The van der Waals surface area contributed by atoms with Crippen molar-refractivity contribution in [2.75, 3.05) is 13.1 Å². The number of halogens is 1. The number of nitrogens with zero attached hydrogens (tertiary/aromatic N) is 1. The zero-order chi connectivity index (χ0) is 14.8. The third kappa shape index (κ3) is 3.64. The summed E-state index contributed by atoms with van der Waals surface area (Å²) >= 11 is 0. The molecule has 1 saturated carbocycles. The molecule has 0 radical (unpaired) electrons. The van der Waals surface area contributed by atoms with Gasteiger partial charge in [-0.1, -0.05) is 26.0 Å². The molecule has 1 aliphatic heterocycles. The van der Waals surface area contributed by atoms with Crippen molar-refractivity contribution < 1.29 is 4.39 Å². The molecule has 2 atom stereocenters. The number of rotatable bonds is 6. The van der Waals surface area contributed by atoms with Crippen molar-refractivity contribution in [1.29, 1.82) is 0 Å². The molecule has 3 heteroatoms. The molecule has 1 aliphatic carbocycles. The Morgan fingerprint density at radius 3 is 2.86 bits per heavy atom. The highest BCUT2D eigenvalue weighted by molar-refractivity contribution is 5.25. The van der Waals surface area contributed by atoms with Crippen LogP contribution in [-0.4, -0.2) is 24.0 Å². The summed E-state index contributed by atoms with van der Waals surface area (Å²) in [4.78, 5) is 2.48. The van der Waals surface area contributed by atoms with Gasteiger partial charge in [-0.15, -0.1) is 0 Å². The minimum absolute atomic E-state index is 0.0506. The average molecular weight is 290 g/mol. The third-order valence-corrected chi connectivity index (χ3v) is 4.89. The van der Waals surface area contributed by atoms with Crippen molar-refractivity contribution in [1.82, 2.24) is 10.2 Å². The van der Waals surface area contributed by atoms with Crippen molar-refractivity contribution in [3.63, 3.8) is 0 Å². The first-order valence-electron chi connectivity index (χ1n) is 8.34. The van der Waals surface area contributed by atoms with Crippen LogP contribution in [0.4, 0.5) is 4.39 Å². The number of hydrogen-bond acceptors (Lipinski definition) is 2. The number of nitrogens with one attached hydrogen (secondary N) is 1. The van der Waals surface area contributed by atoms with Crippen LogP contribution in [0.5, 0.6) is 0 Å². The lowest BCUT2D eigenvalue weighted by Crippen LogP contribution is -2.31. The van der Waals surface area contributed by atoms with E-state index in [1.807, 2.05) is 6.07 Å². The van der Waals surface area contributed by atoms with E-state index < -0.39 is 0 Å². The molecule has 1 N–H and O–H groups in total. The maximum atomic E-state index is 14.1. The van der Waals surface area contributed by atoms with Crippen LogP contribution in [0.1, 0.15) is 44.2 Å². The molecular formula is C18H27FN2. The molecule has 2 unspecified atom stereocenters. The normalized spacial score (nSPS) is 25.1. The summed E-state index contributed by atoms with van der Waals surface area (Å²) in [6.07, 6.45) is 4.02. The van der Waals surface area contributed by atoms with Crippen molar-refractivity contribution >= 4 is 0 Å². The molecule has 1 heterocycles. The summed E-state index contributed by atoms with van der Waals surface area (Å²) in [6.45, 7) is 8.18. The molecule has 3 rings (SSSR count). The summed E-state index contributed by atoms with van der Waals surface area (Å²) < 4.78 is 14.1. The first-order valence-corrected chi connectivity index (χ1v) is 8.34. The second-order valence-electron chi connectivity index (χ2n) is 7.21. The molecule has 2 nitrogen and oxygen atoms in total. The molecule has 0 aromatic heterocycles. The van der Waals surface area contributed by atoms with Crippen LogP contribution < -0.4 is 5.32 Å². The van der Waals surface area contributed by atoms with Crippen LogP contribution in [0.2, 0.25) is 0 Å². The molecule has 21 heavy (non-hydrogen) atoms. The fourth-order valence-electron chi connectivity index (χ4n) is 3.80. The van der Waals surface area contributed by atoms with Gasteiger partial charge in [-0.3, -0.25) is 4.90 Å². The van der Waals surface area contributed by atoms with Crippen LogP contribution in [0.3, 0.4) is 0 Å². The summed E-state index contributed by atoms with van der Waals surface area (Å²) in [5.41, 5.74) is 2.06. The molecule has 1 aromatic rings. The Balaban J connectivity index is 1.61. The van der Waals surface area contributed by atoms with E-state index >= 15 is 0 Å². The molecule has 116 valence electrons. The van der Waals surface area contributed by atoms with Crippen LogP contribution in [0.25, 0.3) is 0 Å². The summed E-state index contributed by atoms with van der Waals surface area (Å²) in [5.74, 6) is 1.46. The topological polar surface area (TPSA) is 15.3 Å². The van der Waals surface area contributed by atoms with Gasteiger partial charge in [0.2, 0.25) is 0 Å². The Morgan fingerprint density at radius 1 is 1.33 bits per heavy atom. The van der Waals surface area contributed by atoms with Crippen LogP contribution in [0.15, 0.2) is 18.2 Å². The van der Waals surface area contributed by atoms with E-state index in [0.717, 1.165) is 31.1 Å². The molecule has 1 aromatic carbocycles. The SMILES string of the molecule is CC(C)CNCc1ccc(F)c(CN2CC3CCC2C3)c1. The minimum Gasteiger partial charge on any atom is -0.312 e. The van der Waals surface area contributed by atoms with Crippen molar-refractivity contribution in [2.24, 2.45) is 11.8 Å². The number of piperidine rings is 1. The van der Waals surface area contributed by atoms with E-state index in [9.17, 15) is 4.39 Å². The smallest absolute Gasteiger partial charge is 0.127 e. The van der Waals surface area contributed by atoms with Gasteiger partial charge in [-0.25, -0.2) is 4.39 Å². The van der Waals surface area contributed by atoms with E-state index in [0.29, 0.717) is 12.0 Å². The summed E-state index contributed by atoms with van der Waals surface area (Å²) in [6, 6.07) is 6.30. The molecule has 2 bridgehead atoms. The van der Waals surface area contributed by atoms with Gasteiger partial charge in [0, 0.05) is 31.2 Å². The van der Waals surface area contributed by atoms with E-state index in [1.165, 1.54) is 31.4 Å². The Kier molecular flexibility index (Phi) is 4.60. The predicted octanol–water partition coefficient (Wildman–Crippen LogP) is 3.56. The van der Waals surface area contributed by atoms with E-state index in [4.69, 9.17) is 0 Å². The van der Waals surface area contributed by atoms with Gasteiger partial charge in [-0.2, -0.15) is 0 Å². The molecule has 1 saturated heterocycles. The van der Waals surface area contributed by atoms with Crippen molar-refractivity contribution in [3.8, 4) is 0 Å². The van der Waals surface area contributed by atoms with Crippen molar-refractivity contribution in [2.45, 2.75) is 52.2 Å². The second-order valence-corrected chi connectivity index (χ2v) is 7.21. The Bertz CT molecular complexity index is 486. The lowest BCUT2D eigenvalue weighted by Gasteiger charge is -2.27. The lowest BCUT2D eigenvalue weighted by molar-refractivity contribution is 0.203. The zero-order valence-electron chi connectivity index (χ0n) is 13.2. The second kappa shape index (κ2) is 6.45. The lowest BCUT2D eigenvalue weighted by atomic mass is 10.1. The zero-order valence-corrected chi connectivity index (χ0v) is 13.2. The monoisotopic (exact) mass is 290 g/mol. The fraction of sp³-hybridized carbons (Fsp3) is 0.667. The van der Waals surface area contributed by atoms with Gasteiger partial charge in [0.25, 0.3) is 0 Å². The van der Waals surface area contributed by atoms with Gasteiger partial charge in [0.1, 0.15) is 5.82 Å². The maximum absolute atomic E-state index is 14.1. The van der Waals surface area contributed by atoms with Crippen LogP contribution in [-0.2, 0) is 13.1 Å². The number of hydrogen-bond donors (Lipinski definition) is 1. The highest BCUT2D eigenvalue weighted by atomic mass is 19.1. The fourth-order valence-corrected chi connectivity index (χ4v) is 3.80. The predicted molar refractivity (Wildman–Crippen MR) is 84.5 cm³/mol. The number of fused-ring (bicyclic) bond motifs is 2. The Morgan fingerprint density at radius 2 is 2.19 bits per heavy atom. The van der Waals surface area contributed by atoms with Gasteiger partial charge < -0.3 is 5.32 Å². The first kappa shape index (κ1) is 15.0. The van der Waals surface area contributed by atoms with Gasteiger partial charge in [0.15, 0.2) is 0 Å². The molecular weight excluding hydrogens is 263 g/mol. The Hall–Kier alpha value is -0.930. The van der Waals surface area contributed by atoms with E-state index in [-0.39, 0.29) is 5.82 Å². The standard InChI is InChI=1S/C18H27FN2/c1-13(2)9-20-10-14-4-6-18(19)16(7-14)12-21-11-15-3-5-17(21)8-15/h4,6-7,13,15,17,20H,3,5,8-12H2,1-2H3. The van der Waals surface area contributed by atoms with Gasteiger partial charge in [-0.05, 0) is 49.3 Å². The van der Waals surface area contributed by atoms with Crippen LogP contribution in [0, 0.1) is 17.7 Å². The average Bonchev–Trinajstić information content (AvgIpc) is 3.04. The minimum atomic E-state index is -0.0506. The molecule has 0 spiro atoms. The highest BCUT2D eigenvalue weighted by Gasteiger charge is 2.37. The maximum Gasteiger partial charge on any atom is 0.127 e. The molecule has 2 fully saturated rings.